The molecule has 0 aromatic heterocycles. The van der Waals surface area contributed by atoms with Crippen molar-refractivity contribution in [2.24, 2.45) is 0 Å². The molecule has 0 fully saturated rings. The van der Waals surface area contributed by atoms with Gasteiger partial charge in [-0.2, -0.15) is 0 Å². The van der Waals surface area contributed by atoms with Crippen molar-refractivity contribution in [2.75, 3.05) is 19.1 Å². The van der Waals surface area contributed by atoms with Crippen LogP contribution in [0.1, 0.15) is 15.9 Å². The minimum Gasteiger partial charge on any atom is -0.465 e. The van der Waals surface area contributed by atoms with Gasteiger partial charge < -0.3 is 4.74 Å². The van der Waals surface area contributed by atoms with Gasteiger partial charge in [-0.25, -0.2) is 17.6 Å². The highest BCUT2D eigenvalue weighted by Crippen LogP contribution is 2.12. The molecule has 0 aliphatic carbocycles. The minimum absolute atomic E-state index is 0.0424. The number of benzene rings is 1. The van der Waals surface area contributed by atoms with Gasteiger partial charge in [-0.15, -0.1) is 0 Å². The average Bonchev–Trinajstić information content (AvgIpc) is 2.26. The van der Waals surface area contributed by atoms with Gasteiger partial charge in [0, 0.05) is 6.26 Å². The third-order valence-electron chi connectivity index (χ3n) is 2.20. The lowest BCUT2D eigenvalue weighted by Gasteiger charge is -2.05. The van der Waals surface area contributed by atoms with Gasteiger partial charge in [-0.3, -0.25) is 0 Å². The third-order valence-corrected chi connectivity index (χ3v) is 3.14. The van der Waals surface area contributed by atoms with E-state index in [0.717, 1.165) is 19.4 Å². The number of hydrogen-bond acceptors (Lipinski definition) is 4. The molecule has 0 unspecified atom stereocenters. The first-order valence-electron chi connectivity index (χ1n) is 4.88. The topological polar surface area (TPSA) is 60.4 Å². The molecule has 0 radical (unpaired) electrons. The number of carbonyl (C=O) groups excluding carboxylic acids is 1. The fourth-order valence-corrected chi connectivity index (χ4v) is 1.90. The Bertz CT molecular complexity index is 522. The van der Waals surface area contributed by atoms with E-state index in [-0.39, 0.29) is 17.7 Å². The second-order valence-corrected chi connectivity index (χ2v) is 5.95. The smallest absolute Gasteiger partial charge is 0.340 e. The molecule has 6 heteroatoms. The first-order valence-corrected chi connectivity index (χ1v) is 6.94. The van der Waals surface area contributed by atoms with Crippen molar-refractivity contribution in [2.45, 2.75) is 6.42 Å². The van der Waals surface area contributed by atoms with Crippen LogP contribution in [0.3, 0.4) is 0 Å². The summed E-state index contributed by atoms with van der Waals surface area (Å²) in [5, 5.41) is 0. The van der Waals surface area contributed by atoms with Crippen LogP contribution in [0, 0.1) is 5.82 Å². The summed E-state index contributed by atoms with van der Waals surface area (Å²) < 4.78 is 39.6. The van der Waals surface area contributed by atoms with Crippen molar-refractivity contribution in [1.82, 2.24) is 0 Å². The number of carbonyl (C=O) groups is 1. The molecule has 0 spiro atoms. The lowest BCUT2D eigenvalue weighted by molar-refractivity contribution is 0.0595. The van der Waals surface area contributed by atoms with E-state index in [1.165, 1.54) is 12.1 Å². The molecule has 0 heterocycles. The maximum absolute atomic E-state index is 13.3. The lowest BCUT2D eigenvalue weighted by Crippen LogP contribution is -2.08. The van der Waals surface area contributed by atoms with Crippen LogP contribution in [0.25, 0.3) is 0 Å². The molecule has 0 aliphatic rings. The van der Waals surface area contributed by atoms with Crippen LogP contribution < -0.4 is 0 Å². The number of halogens is 1. The van der Waals surface area contributed by atoms with E-state index in [0.29, 0.717) is 5.56 Å². The summed E-state index contributed by atoms with van der Waals surface area (Å²) in [6.45, 7) is 0. The van der Waals surface area contributed by atoms with Gasteiger partial charge in [0.05, 0.1) is 18.4 Å². The number of sulfone groups is 1. The van der Waals surface area contributed by atoms with Crippen molar-refractivity contribution >= 4 is 15.8 Å². The first kappa shape index (κ1) is 13.6. The zero-order chi connectivity index (χ0) is 13.1. The molecule has 0 saturated carbocycles. The molecule has 0 amide bonds. The van der Waals surface area contributed by atoms with Gasteiger partial charge in [-0.05, 0) is 24.1 Å². The number of rotatable bonds is 4. The van der Waals surface area contributed by atoms with E-state index >= 15 is 0 Å². The summed E-state index contributed by atoms with van der Waals surface area (Å²) in [7, 11) is -1.92. The van der Waals surface area contributed by atoms with E-state index in [2.05, 4.69) is 4.74 Å². The zero-order valence-electron chi connectivity index (χ0n) is 9.57. The molecule has 94 valence electrons. The van der Waals surface area contributed by atoms with Crippen molar-refractivity contribution in [3.05, 3.63) is 35.1 Å². The van der Waals surface area contributed by atoms with Crippen LogP contribution in [0.15, 0.2) is 18.2 Å². The van der Waals surface area contributed by atoms with Gasteiger partial charge in [0.25, 0.3) is 0 Å². The Morgan fingerprint density at radius 3 is 2.59 bits per heavy atom. The predicted octanol–water partition coefficient (Wildman–Crippen LogP) is 1.20. The molecule has 0 atom stereocenters. The van der Waals surface area contributed by atoms with Crippen LogP contribution in [-0.2, 0) is 21.0 Å². The Morgan fingerprint density at radius 1 is 1.41 bits per heavy atom. The fourth-order valence-electron chi connectivity index (χ4n) is 1.30. The van der Waals surface area contributed by atoms with Crippen LogP contribution in [-0.4, -0.2) is 33.5 Å². The Labute approximate surface area is 99.3 Å². The molecule has 1 aromatic rings. The van der Waals surface area contributed by atoms with Crippen LogP contribution >= 0.6 is 0 Å². The van der Waals surface area contributed by atoms with E-state index < -0.39 is 21.6 Å². The summed E-state index contributed by atoms with van der Waals surface area (Å²) in [4.78, 5) is 11.2. The van der Waals surface area contributed by atoms with Crippen molar-refractivity contribution in [3.8, 4) is 0 Å². The standard InChI is InChI=1S/C11H13FO4S/c1-16-11(13)9-7-8(3-4-10(9)12)5-6-17(2,14)15/h3-4,7H,5-6H2,1-2H3. The van der Waals surface area contributed by atoms with E-state index in [1.807, 2.05) is 0 Å². The predicted molar refractivity (Wildman–Crippen MR) is 61.2 cm³/mol. The van der Waals surface area contributed by atoms with Crippen molar-refractivity contribution in [3.63, 3.8) is 0 Å². The number of aryl methyl sites for hydroxylation is 1. The summed E-state index contributed by atoms with van der Waals surface area (Å²) in [5.74, 6) is -1.50. The summed E-state index contributed by atoms with van der Waals surface area (Å²) in [5.41, 5.74) is 0.399. The quantitative estimate of drug-likeness (QED) is 0.763. The largest absolute Gasteiger partial charge is 0.465 e. The summed E-state index contributed by atoms with van der Waals surface area (Å²) >= 11 is 0. The van der Waals surface area contributed by atoms with Gasteiger partial charge in [0.1, 0.15) is 15.7 Å². The molecule has 0 bridgehead atoms. The van der Waals surface area contributed by atoms with Crippen molar-refractivity contribution in [1.29, 1.82) is 0 Å². The molecule has 17 heavy (non-hydrogen) atoms. The lowest BCUT2D eigenvalue weighted by atomic mass is 10.1. The van der Waals surface area contributed by atoms with E-state index in [1.54, 1.807) is 0 Å². The van der Waals surface area contributed by atoms with Crippen molar-refractivity contribution < 1.29 is 22.3 Å². The van der Waals surface area contributed by atoms with Crippen LogP contribution in [0.5, 0.6) is 0 Å². The molecule has 4 nitrogen and oxygen atoms in total. The van der Waals surface area contributed by atoms with Gasteiger partial charge >= 0.3 is 5.97 Å². The number of esters is 1. The SMILES string of the molecule is COC(=O)c1cc(CCS(C)(=O)=O)ccc1F. The molecule has 0 saturated heterocycles. The van der Waals surface area contributed by atoms with E-state index in [4.69, 9.17) is 0 Å². The Kier molecular flexibility index (Phi) is 4.22. The second-order valence-electron chi connectivity index (χ2n) is 3.69. The Hall–Kier alpha value is -1.43. The first-order chi connectivity index (χ1) is 7.83. The average molecular weight is 260 g/mol. The zero-order valence-corrected chi connectivity index (χ0v) is 10.4. The molecule has 1 rings (SSSR count). The minimum atomic E-state index is -3.08. The normalized spacial score (nSPS) is 11.2. The highest BCUT2D eigenvalue weighted by molar-refractivity contribution is 7.90. The second kappa shape index (κ2) is 5.27. The van der Waals surface area contributed by atoms with Crippen LogP contribution in [0.4, 0.5) is 4.39 Å². The van der Waals surface area contributed by atoms with Gasteiger partial charge in [-0.1, -0.05) is 6.07 Å². The number of ether oxygens (including phenoxy) is 1. The van der Waals surface area contributed by atoms with E-state index in [9.17, 15) is 17.6 Å². The molecule has 1 aromatic carbocycles. The molecule has 0 N–H and O–H groups in total. The fraction of sp³-hybridized carbons (Fsp3) is 0.364. The molecule has 0 aliphatic heterocycles. The van der Waals surface area contributed by atoms with Gasteiger partial charge in [0.2, 0.25) is 0 Å². The highest BCUT2D eigenvalue weighted by atomic mass is 32.2. The molecular weight excluding hydrogens is 247 g/mol. The van der Waals surface area contributed by atoms with Gasteiger partial charge in [0.15, 0.2) is 0 Å². The monoisotopic (exact) mass is 260 g/mol. The summed E-state index contributed by atoms with van der Waals surface area (Å²) in [6.07, 6.45) is 1.36. The Morgan fingerprint density at radius 2 is 2.06 bits per heavy atom. The number of hydrogen-bond donors (Lipinski definition) is 0. The third kappa shape index (κ3) is 4.14. The van der Waals surface area contributed by atoms with Crippen LogP contribution in [0.2, 0.25) is 0 Å². The highest BCUT2D eigenvalue weighted by Gasteiger charge is 2.13. The maximum Gasteiger partial charge on any atom is 0.340 e. The molecular formula is C11H13FO4S. The summed E-state index contributed by atoms with van der Waals surface area (Å²) in [6, 6.07) is 3.89. The Balaban J connectivity index is 2.93. The maximum atomic E-state index is 13.3. The number of methoxy groups -OCH3 is 1.